The molecule has 3 rings (SSSR count). The normalized spacial score (nSPS) is 18.5. The number of rotatable bonds is 3. The molecule has 0 spiro atoms. The number of anilines is 1. The highest BCUT2D eigenvalue weighted by molar-refractivity contribution is 7.18. The standard InChI is InChI=1S/C15H23N5S/c1-9-10(2)21-14-12(9)13(19-16)17-11(18-14)7-20-6-5-15(3,4)8-20/h5-8,16H2,1-4H3,(H,17,18,19). The number of thiophene rings is 1. The number of aryl methyl sites for hydroxylation is 2. The van der Waals surface area contributed by atoms with E-state index >= 15 is 0 Å². The summed E-state index contributed by atoms with van der Waals surface area (Å²) >= 11 is 1.71. The maximum atomic E-state index is 5.66. The van der Waals surface area contributed by atoms with E-state index in [4.69, 9.17) is 10.8 Å². The molecule has 0 unspecified atom stereocenters. The number of hydrazine groups is 1. The van der Waals surface area contributed by atoms with Crippen molar-refractivity contribution in [1.29, 1.82) is 0 Å². The summed E-state index contributed by atoms with van der Waals surface area (Å²) in [6.45, 7) is 11.9. The smallest absolute Gasteiger partial charge is 0.152 e. The van der Waals surface area contributed by atoms with Gasteiger partial charge in [-0.1, -0.05) is 13.8 Å². The fourth-order valence-corrected chi connectivity index (χ4v) is 4.08. The Labute approximate surface area is 129 Å². The van der Waals surface area contributed by atoms with E-state index in [1.165, 1.54) is 16.9 Å². The van der Waals surface area contributed by atoms with E-state index in [9.17, 15) is 0 Å². The van der Waals surface area contributed by atoms with Crippen molar-refractivity contribution in [2.24, 2.45) is 11.3 Å². The molecule has 6 heteroatoms. The highest BCUT2D eigenvalue weighted by Crippen LogP contribution is 2.34. The van der Waals surface area contributed by atoms with Crippen LogP contribution in [0.4, 0.5) is 5.82 Å². The summed E-state index contributed by atoms with van der Waals surface area (Å²) in [6.07, 6.45) is 1.23. The molecule has 0 radical (unpaired) electrons. The van der Waals surface area contributed by atoms with E-state index in [0.717, 1.165) is 41.5 Å². The van der Waals surface area contributed by atoms with Crippen LogP contribution in [0.3, 0.4) is 0 Å². The van der Waals surface area contributed by atoms with Crippen molar-refractivity contribution in [1.82, 2.24) is 14.9 Å². The first kappa shape index (κ1) is 14.7. The van der Waals surface area contributed by atoms with Gasteiger partial charge in [-0.2, -0.15) is 0 Å². The molecule has 5 nitrogen and oxygen atoms in total. The second-order valence-corrected chi connectivity index (χ2v) is 7.92. The van der Waals surface area contributed by atoms with Crippen molar-refractivity contribution >= 4 is 27.4 Å². The Morgan fingerprint density at radius 1 is 1.33 bits per heavy atom. The first-order valence-electron chi connectivity index (χ1n) is 7.35. The van der Waals surface area contributed by atoms with Crippen LogP contribution in [0.2, 0.25) is 0 Å². The van der Waals surface area contributed by atoms with Crippen LogP contribution in [0.15, 0.2) is 0 Å². The molecule has 1 aliphatic rings. The van der Waals surface area contributed by atoms with Crippen LogP contribution in [0.5, 0.6) is 0 Å². The zero-order chi connectivity index (χ0) is 15.2. The highest BCUT2D eigenvalue weighted by Gasteiger charge is 2.29. The number of nitrogen functional groups attached to an aromatic ring is 1. The molecule has 0 aliphatic carbocycles. The topological polar surface area (TPSA) is 67.1 Å². The van der Waals surface area contributed by atoms with E-state index in [2.05, 4.69) is 43.0 Å². The number of hydrogen-bond acceptors (Lipinski definition) is 6. The number of nitrogens with zero attached hydrogens (tertiary/aromatic N) is 3. The summed E-state index contributed by atoms with van der Waals surface area (Å²) in [7, 11) is 0. The minimum atomic E-state index is 0.398. The Kier molecular flexibility index (Phi) is 3.63. The highest BCUT2D eigenvalue weighted by atomic mass is 32.1. The summed E-state index contributed by atoms with van der Waals surface area (Å²) in [5.74, 6) is 7.27. The van der Waals surface area contributed by atoms with Gasteiger partial charge in [0, 0.05) is 11.4 Å². The zero-order valence-corrected chi connectivity index (χ0v) is 14.0. The molecule has 2 aromatic rings. The van der Waals surface area contributed by atoms with E-state index in [0.29, 0.717) is 5.41 Å². The molecule has 3 heterocycles. The third-order valence-corrected chi connectivity index (χ3v) is 5.43. The maximum absolute atomic E-state index is 5.66. The SMILES string of the molecule is Cc1sc2nc(CN3CCC(C)(C)C3)nc(NN)c2c1C. The van der Waals surface area contributed by atoms with Gasteiger partial charge in [-0.05, 0) is 37.8 Å². The quantitative estimate of drug-likeness (QED) is 0.674. The van der Waals surface area contributed by atoms with Crippen LogP contribution in [0.1, 0.15) is 36.5 Å². The van der Waals surface area contributed by atoms with Crippen LogP contribution >= 0.6 is 11.3 Å². The third kappa shape index (κ3) is 2.75. The number of aromatic nitrogens is 2. The Balaban J connectivity index is 1.93. The van der Waals surface area contributed by atoms with Gasteiger partial charge in [-0.25, -0.2) is 15.8 Å². The fourth-order valence-electron chi connectivity index (χ4n) is 3.03. The summed E-state index contributed by atoms with van der Waals surface area (Å²) in [5.41, 5.74) is 4.36. The molecule has 21 heavy (non-hydrogen) atoms. The number of fused-ring (bicyclic) bond motifs is 1. The zero-order valence-electron chi connectivity index (χ0n) is 13.2. The van der Waals surface area contributed by atoms with E-state index in [-0.39, 0.29) is 0 Å². The Morgan fingerprint density at radius 3 is 2.71 bits per heavy atom. The predicted molar refractivity (Wildman–Crippen MR) is 88.4 cm³/mol. The molecule has 0 amide bonds. The van der Waals surface area contributed by atoms with Crippen molar-refractivity contribution in [3.05, 3.63) is 16.3 Å². The van der Waals surface area contributed by atoms with E-state index < -0.39 is 0 Å². The van der Waals surface area contributed by atoms with Crippen molar-refractivity contribution in [3.63, 3.8) is 0 Å². The van der Waals surface area contributed by atoms with Crippen LogP contribution < -0.4 is 11.3 Å². The minimum absolute atomic E-state index is 0.398. The molecule has 1 saturated heterocycles. The van der Waals surface area contributed by atoms with Crippen LogP contribution in [0, 0.1) is 19.3 Å². The lowest BCUT2D eigenvalue weighted by Gasteiger charge is -2.19. The van der Waals surface area contributed by atoms with Gasteiger partial charge >= 0.3 is 0 Å². The van der Waals surface area contributed by atoms with Gasteiger partial charge in [0.2, 0.25) is 0 Å². The van der Waals surface area contributed by atoms with Gasteiger partial charge in [0.1, 0.15) is 10.7 Å². The van der Waals surface area contributed by atoms with Crippen LogP contribution in [0.25, 0.3) is 10.2 Å². The molecule has 0 bridgehead atoms. The third-order valence-electron chi connectivity index (χ3n) is 4.33. The molecule has 114 valence electrons. The van der Waals surface area contributed by atoms with Crippen molar-refractivity contribution in [2.45, 2.75) is 40.7 Å². The monoisotopic (exact) mass is 305 g/mol. The molecule has 0 saturated carbocycles. The largest absolute Gasteiger partial charge is 0.308 e. The van der Waals surface area contributed by atoms with Gasteiger partial charge in [-0.15, -0.1) is 11.3 Å². The number of nitrogens with two attached hydrogens (primary N) is 1. The summed E-state index contributed by atoms with van der Waals surface area (Å²) in [5, 5.41) is 1.06. The minimum Gasteiger partial charge on any atom is -0.308 e. The number of hydrogen-bond donors (Lipinski definition) is 2. The fraction of sp³-hybridized carbons (Fsp3) is 0.600. The van der Waals surface area contributed by atoms with Crippen molar-refractivity contribution < 1.29 is 0 Å². The summed E-state index contributed by atoms with van der Waals surface area (Å²) in [4.78, 5) is 14.1. The molecule has 1 fully saturated rings. The Morgan fingerprint density at radius 2 is 2.10 bits per heavy atom. The lowest BCUT2D eigenvalue weighted by molar-refractivity contribution is 0.279. The lowest BCUT2D eigenvalue weighted by atomic mass is 9.93. The molecule has 2 aromatic heterocycles. The molecule has 0 atom stereocenters. The molecule has 1 aliphatic heterocycles. The number of nitrogens with one attached hydrogen (secondary N) is 1. The second-order valence-electron chi connectivity index (χ2n) is 6.72. The van der Waals surface area contributed by atoms with Crippen LogP contribution in [-0.2, 0) is 6.54 Å². The Hall–Kier alpha value is -1.24. The van der Waals surface area contributed by atoms with Gasteiger partial charge in [-0.3, -0.25) is 4.90 Å². The lowest BCUT2D eigenvalue weighted by Crippen LogP contribution is -2.24. The Bertz CT molecular complexity index is 676. The summed E-state index contributed by atoms with van der Waals surface area (Å²) in [6, 6.07) is 0. The average Bonchev–Trinajstić information content (AvgIpc) is 2.89. The average molecular weight is 305 g/mol. The summed E-state index contributed by atoms with van der Waals surface area (Å²) < 4.78 is 0. The van der Waals surface area contributed by atoms with Gasteiger partial charge in [0.05, 0.1) is 11.9 Å². The maximum Gasteiger partial charge on any atom is 0.152 e. The van der Waals surface area contributed by atoms with E-state index in [1.807, 2.05) is 0 Å². The second kappa shape index (κ2) is 5.19. The first-order valence-corrected chi connectivity index (χ1v) is 8.17. The van der Waals surface area contributed by atoms with Crippen molar-refractivity contribution in [2.75, 3.05) is 18.5 Å². The van der Waals surface area contributed by atoms with Gasteiger partial charge in [0.15, 0.2) is 5.82 Å². The van der Waals surface area contributed by atoms with Crippen molar-refractivity contribution in [3.8, 4) is 0 Å². The van der Waals surface area contributed by atoms with Gasteiger partial charge < -0.3 is 5.43 Å². The number of likely N-dealkylation sites (tertiary alicyclic amines) is 1. The first-order chi connectivity index (χ1) is 9.89. The van der Waals surface area contributed by atoms with E-state index in [1.54, 1.807) is 11.3 Å². The molecule has 0 aromatic carbocycles. The van der Waals surface area contributed by atoms with Gasteiger partial charge in [0.25, 0.3) is 0 Å². The molecular weight excluding hydrogens is 282 g/mol. The molecule has 3 N–H and O–H groups in total. The van der Waals surface area contributed by atoms with Crippen LogP contribution in [-0.4, -0.2) is 28.0 Å². The predicted octanol–water partition coefficient (Wildman–Crippen LogP) is 2.83. The molecular formula is C15H23N5S.